The Bertz CT molecular complexity index is 940. The van der Waals surface area contributed by atoms with E-state index in [-0.39, 0.29) is 17.8 Å². The van der Waals surface area contributed by atoms with Crippen LogP contribution >= 0.6 is 0 Å². The summed E-state index contributed by atoms with van der Waals surface area (Å²) in [6.45, 7) is 0.542. The van der Waals surface area contributed by atoms with Crippen molar-refractivity contribution >= 4 is 17.8 Å². The number of carbonyl (C=O) groups is 1. The molecule has 9 nitrogen and oxygen atoms in total. The Morgan fingerprint density at radius 3 is 2.72 bits per heavy atom. The lowest BCUT2D eigenvalue weighted by Crippen LogP contribution is -2.23. The van der Waals surface area contributed by atoms with Gasteiger partial charge in [-0.3, -0.25) is 20.1 Å². The number of hydrogen-bond donors (Lipinski definition) is 4. The fourth-order valence-electron chi connectivity index (χ4n) is 2.79. The predicted molar refractivity (Wildman–Crippen MR) is 111 cm³/mol. The first-order valence-electron chi connectivity index (χ1n) is 9.38. The van der Waals surface area contributed by atoms with E-state index in [1.165, 1.54) is 0 Å². The van der Waals surface area contributed by atoms with Crippen molar-refractivity contribution in [2.45, 2.75) is 32.2 Å². The number of unbranched alkanes of at least 4 members (excludes halogenated alkanes) is 1. The summed E-state index contributed by atoms with van der Waals surface area (Å²) in [4.78, 5) is 24.8. The van der Waals surface area contributed by atoms with Crippen molar-refractivity contribution in [1.29, 1.82) is 5.41 Å². The topological polar surface area (TPSA) is 135 Å². The van der Waals surface area contributed by atoms with Crippen molar-refractivity contribution in [2.75, 3.05) is 5.32 Å². The number of benzene rings is 1. The number of aryl methyl sites for hydroxylation is 1. The van der Waals surface area contributed by atoms with Gasteiger partial charge < -0.3 is 11.1 Å². The minimum atomic E-state index is -0.228. The van der Waals surface area contributed by atoms with Gasteiger partial charge in [0.15, 0.2) is 5.96 Å². The molecule has 3 rings (SSSR count). The minimum Gasteiger partial charge on any atom is -0.370 e. The van der Waals surface area contributed by atoms with Crippen molar-refractivity contribution in [1.82, 2.24) is 24.8 Å². The Hall–Kier alpha value is -3.75. The number of hydrogen-bond acceptors (Lipinski definition) is 5. The molecule has 2 aromatic heterocycles. The molecule has 1 aromatic carbocycles. The summed E-state index contributed by atoms with van der Waals surface area (Å²) in [6.07, 6.45) is 7.78. The SMILES string of the molecule is N=C(N)Nc1nc(CCCCC(=O)NCc2ccccc2)cc(-n2ccnc2)n1. The summed E-state index contributed by atoms with van der Waals surface area (Å²) < 4.78 is 1.76. The van der Waals surface area contributed by atoms with Crippen molar-refractivity contribution in [2.24, 2.45) is 5.73 Å². The van der Waals surface area contributed by atoms with Gasteiger partial charge in [-0.05, 0) is 24.8 Å². The number of aromatic nitrogens is 4. The Morgan fingerprint density at radius 2 is 2.00 bits per heavy atom. The third-order valence-corrected chi connectivity index (χ3v) is 4.20. The van der Waals surface area contributed by atoms with Gasteiger partial charge in [0.1, 0.15) is 12.1 Å². The van der Waals surface area contributed by atoms with E-state index in [9.17, 15) is 4.79 Å². The standard InChI is InChI=1S/C20H24N8O/c21-19(22)27-20-25-16(12-17(26-20)28-11-10-23-14-28)8-4-5-9-18(29)24-13-15-6-2-1-3-7-15/h1-3,6-7,10-12,14H,4-5,8-9,13H2,(H,24,29)(H4,21,22,25,26,27). The average Bonchev–Trinajstić information content (AvgIpc) is 3.25. The second-order valence-corrected chi connectivity index (χ2v) is 6.52. The Kier molecular flexibility index (Phi) is 6.88. The molecule has 0 aliphatic heterocycles. The van der Waals surface area contributed by atoms with Crippen molar-refractivity contribution < 1.29 is 4.79 Å². The van der Waals surface area contributed by atoms with E-state index >= 15 is 0 Å². The molecule has 3 aromatic rings. The van der Waals surface area contributed by atoms with Crippen molar-refractivity contribution in [3.05, 3.63) is 66.4 Å². The number of rotatable bonds is 9. The van der Waals surface area contributed by atoms with Gasteiger partial charge in [0, 0.05) is 37.1 Å². The third kappa shape index (κ3) is 6.42. The number of amides is 1. The molecular formula is C20H24N8O. The van der Waals surface area contributed by atoms with Gasteiger partial charge >= 0.3 is 0 Å². The van der Waals surface area contributed by atoms with E-state index in [1.54, 1.807) is 23.3 Å². The number of nitrogens with two attached hydrogens (primary N) is 1. The van der Waals surface area contributed by atoms with Crippen LogP contribution in [0.25, 0.3) is 5.82 Å². The first-order valence-corrected chi connectivity index (χ1v) is 9.38. The fraction of sp³-hybridized carbons (Fsp3) is 0.250. The molecule has 0 spiro atoms. The molecular weight excluding hydrogens is 368 g/mol. The van der Waals surface area contributed by atoms with Gasteiger partial charge in [-0.2, -0.15) is 4.98 Å². The molecule has 0 atom stereocenters. The average molecular weight is 392 g/mol. The van der Waals surface area contributed by atoms with Crippen LogP contribution in [0.2, 0.25) is 0 Å². The zero-order valence-electron chi connectivity index (χ0n) is 16.0. The molecule has 29 heavy (non-hydrogen) atoms. The fourth-order valence-corrected chi connectivity index (χ4v) is 2.79. The second-order valence-electron chi connectivity index (χ2n) is 6.52. The van der Waals surface area contributed by atoms with Crippen LogP contribution in [-0.2, 0) is 17.8 Å². The lowest BCUT2D eigenvalue weighted by Gasteiger charge is -2.09. The highest BCUT2D eigenvalue weighted by Crippen LogP contribution is 2.13. The van der Waals surface area contributed by atoms with E-state index in [4.69, 9.17) is 11.1 Å². The third-order valence-electron chi connectivity index (χ3n) is 4.20. The summed E-state index contributed by atoms with van der Waals surface area (Å²) in [5, 5.41) is 13.0. The van der Waals surface area contributed by atoms with E-state index in [1.807, 2.05) is 36.4 Å². The lowest BCUT2D eigenvalue weighted by molar-refractivity contribution is -0.121. The molecule has 0 aliphatic rings. The van der Waals surface area contributed by atoms with Crippen LogP contribution in [0.3, 0.4) is 0 Å². The number of guanidine groups is 1. The zero-order valence-corrected chi connectivity index (χ0v) is 16.0. The molecule has 0 fully saturated rings. The second kappa shape index (κ2) is 9.98. The van der Waals surface area contributed by atoms with Crippen LogP contribution in [0.1, 0.15) is 30.5 Å². The van der Waals surface area contributed by atoms with Gasteiger partial charge in [-0.1, -0.05) is 30.3 Å². The Morgan fingerprint density at radius 1 is 1.17 bits per heavy atom. The zero-order chi connectivity index (χ0) is 20.5. The number of nitrogens with zero attached hydrogens (tertiary/aromatic N) is 4. The molecule has 5 N–H and O–H groups in total. The van der Waals surface area contributed by atoms with Crippen LogP contribution in [0.4, 0.5) is 5.95 Å². The molecule has 0 radical (unpaired) electrons. The Labute approximate surface area is 168 Å². The minimum absolute atomic E-state index is 0.0366. The lowest BCUT2D eigenvalue weighted by atomic mass is 10.1. The highest BCUT2D eigenvalue weighted by Gasteiger charge is 2.08. The monoisotopic (exact) mass is 392 g/mol. The van der Waals surface area contributed by atoms with Gasteiger partial charge in [0.05, 0.1) is 0 Å². The summed E-state index contributed by atoms with van der Waals surface area (Å²) in [6, 6.07) is 11.7. The van der Waals surface area contributed by atoms with E-state index in [0.29, 0.717) is 25.2 Å². The van der Waals surface area contributed by atoms with Crippen LogP contribution in [0, 0.1) is 5.41 Å². The van der Waals surface area contributed by atoms with Gasteiger partial charge in [0.25, 0.3) is 0 Å². The largest absolute Gasteiger partial charge is 0.370 e. The first kappa shape index (κ1) is 20.0. The van der Waals surface area contributed by atoms with E-state index < -0.39 is 0 Å². The van der Waals surface area contributed by atoms with E-state index in [2.05, 4.69) is 25.6 Å². The van der Waals surface area contributed by atoms with E-state index in [0.717, 1.165) is 24.1 Å². The normalized spacial score (nSPS) is 10.5. The van der Waals surface area contributed by atoms with Crippen LogP contribution in [0.5, 0.6) is 0 Å². The molecule has 0 saturated heterocycles. The molecule has 1 amide bonds. The quantitative estimate of drug-likeness (QED) is 0.250. The molecule has 0 bridgehead atoms. The van der Waals surface area contributed by atoms with Crippen molar-refractivity contribution in [3.63, 3.8) is 0 Å². The van der Waals surface area contributed by atoms with Crippen LogP contribution in [-0.4, -0.2) is 31.4 Å². The smallest absolute Gasteiger partial charge is 0.231 e. The highest BCUT2D eigenvalue weighted by molar-refractivity contribution is 5.87. The predicted octanol–water partition coefficient (Wildman–Crippen LogP) is 2.00. The summed E-state index contributed by atoms with van der Waals surface area (Å²) >= 11 is 0. The number of imidazole rings is 1. The number of anilines is 1. The van der Waals surface area contributed by atoms with Gasteiger partial charge in [-0.25, -0.2) is 9.97 Å². The van der Waals surface area contributed by atoms with Crippen LogP contribution in [0.15, 0.2) is 55.1 Å². The summed E-state index contributed by atoms with van der Waals surface area (Å²) in [5.74, 6) is 0.708. The van der Waals surface area contributed by atoms with Crippen LogP contribution < -0.4 is 16.4 Å². The Balaban J connectivity index is 1.51. The van der Waals surface area contributed by atoms with Gasteiger partial charge in [0.2, 0.25) is 11.9 Å². The summed E-state index contributed by atoms with van der Waals surface area (Å²) in [7, 11) is 0. The number of carbonyl (C=O) groups excluding carboxylic acids is 1. The maximum Gasteiger partial charge on any atom is 0.231 e. The molecule has 0 aliphatic carbocycles. The molecule has 0 unspecified atom stereocenters. The van der Waals surface area contributed by atoms with Gasteiger partial charge in [-0.15, -0.1) is 0 Å². The highest BCUT2D eigenvalue weighted by atomic mass is 16.1. The maximum atomic E-state index is 12.0. The molecule has 2 heterocycles. The molecule has 9 heteroatoms. The summed E-state index contributed by atoms with van der Waals surface area (Å²) in [5.41, 5.74) is 7.28. The maximum absolute atomic E-state index is 12.0. The molecule has 0 saturated carbocycles. The first-order chi connectivity index (χ1) is 14.1. The number of nitrogens with one attached hydrogen (secondary N) is 3. The van der Waals surface area contributed by atoms with Crippen molar-refractivity contribution in [3.8, 4) is 5.82 Å². The molecule has 150 valence electrons.